The van der Waals surface area contributed by atoms with Gasteiger partial charge in [0, 0.05) is 25.8 Å². The Bertz CT molecular complexity index is 1630. The number of rotatable bonds is 6. The van der Waals surface area contributed by atoms with Crippen LogP contribution in [0.2, 0.25) is 0 Å². The first-order chi connectivity index (χ1) is 17.9. The number of hydrogen-bond acceptors (Lipinski definition) is 9. The standard InChI is InChI=1S/C25H22FN5O6/c26-16-8-14-21-23(20(16)27-2-1-3-30-4-6-36-7-5-30)37-19-9-13-17(28-12-29-24(13)33)10-18(19)31(21)11-15(22(14)32)25(34)35/h8-12,27H,1-7H2,(H,34,35)(H,28,29,33). The van der Waals surface area contributed by atoms with Crippen LogP contribution in [0.25, 0.3) is 27.5 Å². The number of fused-ring (bicyclic) bond motifs is 3. The Morgan fingerprint density at radius 3 is 2.76 bits per heavy atom. The second-order valence-corrected chi connectivity index (χ2v) is 8.88. The largest absolute Gasteiger partial charge is 0.493 e. The lowest BCUT2D eigenvalue weighted by molar-refractivity contribution is 0.0378. The molecule has 6 rings (SSSR count). The molecule has 0 saturated carbocycles. The van der Waals surface area contributed by atoms with Gasteiger partial charge in [0.25, 0.3) is 0 Å². The van der Waals surface area contributed by atoms with Crippen LogP contribution in [0.1, 0.15) is 16.8 Å². The molecule has 2 aromatic carbocycles. The number of aromatic carboxylic acids is 1. The number of pyridine rings is 1. The van der Waals surface area contributed by atoms with Crippen molar-refractivity contribution in [2.24, 2.45) is 0 Å². The zero-order valence-corrected chi connectivity index (χ0v) is 19.5. The van der Waals surface area contributed by atoms with Gasteiger partial charge < -0.3 is 29.6 Å². The second kappa shape index (κ2) is 8.98. The normalized spacial score (nSPS) is 14.9. The number of halogens is 1. The fraction of sp³-hybridized carbons (Fsp3) is 0.280. The van der Waals surface area contributed by atoms with E-state index in [1.807, 2.05) is 0 Å². The number of carboxylic acids is 1. The lowest BCUT2D eigenvalue weighted by Gasteiger charge is -2.27. The summed E-state index contributed by atoms with van der Waals surface area (Å²) in [6.45, 7) is 4.32. The molecular formula is C25H22FN5O6. The monoisotopic (exact) mass is 507 g/mol. The SMILES string of the molecule is O=C(O)c1cn2c3c(c(NCCCN4CCOCC4)c(F)cc3c1=O)Oc1cc3c(O)ncnc3cc1-2. The van der Waals surface area contributed by atoms with Crippen molar-refractivity contribution in [1.29, 1.82) is 0 Å². The molecule has 0 radical (unpaired) electrons. The predicted molar refractivity (Wildman–Crippen MR) is 132 cm³/mol. The maximum Gasteiger partial charge on any atom is 0.341 e. The van der Waals surface area contributed by atoms with Crippen molar-refractivity contribution >= 4 is 33.5 Å². The molecule has 190 valence electrons. The van der Waals surface area contributed by atoms with Crippen molar-refractivity contribution in [3.8, 4) is 23.1 Å². The molecule has 0 amide bonds. The molecule has 37 heavy (non-hydrogen) atoms. The summed E-state index contributed by atoms with van der Waals surface area (Å²) < 4.78 is 28.4. The molecule has 2 aromatic heterocycles. The highest BCUT2D eigenvalue weighted by Crippen LogP contribution is 2.46. The van der Waals surface area contributed by atoms with Crippen molar-refractivity contribution in [2.45, 2.75) is 6.42 Å². The van der Waals surface area contributed by atoms with Crippen LogP contribution in [0, 0.1) is 5.82 Å². The minimum Gasteiger partial charge on any atom is -0.493 e. The van der Waals surface area contributed by atoms with E-state index in [4.69, 9.17) is 9.47 Å². The molecule has 0 spiro atoms. The molecule has 12 heteroatoms. The van der Waals surface area contributed by atoms with Gasteiger partial charge in [-0.05, 0) is 31.2 Å². The number of ether oxygens (including phenoxy) is 2. The van der Waals surface area contributed by atoms with Crippen molar-refractivity contribution < 1.29 is 28.9 Å². The molecule has 1 saturated heterocycles. The third-order valence-electron chi connectivity index (χ3n) is 6.65. The zero-order valence-electron chi connectivity index (χ0n) is 19.5. The summed E-state index contributed by atoms with van der Waals surface area (Å²) >= 11 is 0. The number of hydrogen-bond donors (Lipinski definition) is 3. The number of anilines is 1. The van der Waals surface area contributed by atoms with Gasteiger partial charge >= 0.3 is 5.97 Å². The van der Waals surface area contributed by atoms with Gasteiger partial charge in [-0.25, -0.2) is 19.2 Å². The summed E-state index contributed by atoms with van der Waals surface area (Å²) in [5.41, 5.74) is -0.267. The van der Waals surface area contributed by atoms with E-state index in [0.717, 1.165) is 32.1 Å². The number of nitrogens with zero attached hydrogens (tertiary/aromatic N) is 4. The van der Waals surface area contributed by atoms with Crippen molar-refractivity contribution in [2.75, 3.05) is 44.7 Å². The topological polar surface area (TPSA) is 139 Å². The van der Waals surface area contributed by atoms with Crippen LogP contribution in [0.3, 0.4) is 0 Å². The van der Waals surface area contributed by atoms with Gasteiger partial charge in [0.05, 0.1) is 35.2 Å². The highest BCUT2D eigenvalue weighted by molar-refractivity contribution is 6.00. The summed E-state index contributed by atoms with van der Waals surface area (Å²) in [5, 5.41) is 23.1. The lowest BCUT2D eigenvalue weighted by atomic mass is 10.1. The molecule has 1 fully saturated rings. The Morgan fingerprint density at radius 1 is 1.16 bits per heavy atom. The van der Waals surface area contributed by atoms with Crippen LogP contribution >= 0.6 is 0 Å². The third-order valence-corrected chi connectivity index (χ3v) is 6.65. The van der Waals surface area contributed by atoms with E-state index in [9.17, 15) is 19.8 Å². The van der Waals surface area contributed by atoms with E-state index < -0.39 is 22.8 Å². The van der Waals surface area contributed by atoms with E-state index in [0.29, 0.717) is 36.3 Å². The van der Waals surface area contributed by atoms with E-state index in [2.05, 4.69) is 20.2 Å². The van der Waals surface area contributed by atoms with Crippen LogP contribution in [-0.2, 0) is 4.74 Å². The maximum absolute atomic E-state index is 15.4. The van der Waals surface area contributed by atoms with Crippen LogP contribution in [0.4, 0.5) is 10.1 Å². The molecule has 0 aliphatic carbocycles. The molecule has 0 unspecified atom stereocenters. The van der Waals surface area contributed by atoms with E-state index in [1.54, 1.807) is 6.07 Å². The lowest BCUT2D eigenvalue weighted by Crippen LogP contribution is -2.37. The van der Waals surface area contributed by atoms with E-state index in [1.165, 1.54) is 23.2 Å². The Labute approximate surface area is 208 Å². The number of aromatic hydroxyl groups is 1. The second-order valence-electron chi connectivity index (χ2n) is 8.88. The smallest absolute Gasteiger partial charge is 0.341 e. The highest BCUT2D eigenvalue weighted by Gasteiger charge is 2.29. The van der Waals surface area contributed by atoms with Crippen molar-refractivity contribution in [1.82, 2.24) is 19.4 Å². The number of aromatic nitrogens is 3. The van der Waals surface area contributed by atoms with Gasteiger partial charge in [-0.3, -0.25) is 9.69 Å². The van der Waals surface area contributed by atoms with Crippen molar-refractivity contribution in [3.63, 3.8) is 0 Å². The molecular weight excluding hydrogens is 485 g/mol. The third kappa shape index (κ3) is 3.90. The first-order valence-electron chi connectivity index (χ1n) is 11.8. The summed E-state index contributed by atoms with van der Waals surface area (Å²) in [6.07, 6.45) is 3.12. The van der Waals surface area contributed by atoms with Gasteiger partial charge in [-0.1, -0.05) is 0 Å². The summed E-state index contributed by atoms with van der Waals surface area (Å²) in [5.74, 6) is -2.17. The molecule has 4 aromatic rings. The first kappa shape index (κ1) is 23.1. The molecule has 2 aliphatic rings. The van der Waals surface area contributed by atoms with Gasteiger partial charge in [0.1, 0.15) is 23.1 Å². The quantitative estimate of drug-likeness (QED) is 0.294. The Morgan fingerprint density at radius 2 is 1.97 bits per heavy atom. The fourth-order valence-corrected chi connectivity index (χ4v) is 4.81. The van der Waals surface area contributed by atoms with E-state index in [-0.39, 0.29) is 34.0 Å². The number of morpholine rings is 1. The van der Waals surface area contributed by atoms with Gasteiger partial charge in [0.2, 0.25) is 11.3 Å². The summed E-state index contributed by atoms with van der Waals surface area (Å²) in [4.78, 5) is 35.0. The Kier molecular flexibility index (Phi) is 5.61. The minimum atomic E-state index is -1.43. The molecule has 4 heterocycles. The van der Waals surface area contributed by atoms with Crippen LogP contribution in [0.5, 0.6) is 17.4 Å². The first-order valence-corrected chi connectivity index (χ1v) is 11.8. The average Bonchev–Trinajstić information content (AvgIpc) is 2.89. The van der Waals surface area contributed by atoms with Crippen LogP contribution in [0.15, 0.2) is 35.5 Å². The summed E-state index contributed by atoms with van der Waals surface area (Å²) in [6, 6.07) is 4.13. The van der Waals surface area contributed by atoms with Gasteiger partial charge in [-0.2, -0.15) is 0 Å². The van der Waals surface area contributed by atoms with Gasteiger partial charge in [-0.15, -0.1) is 0 Å². The van der Waals surface area contributed by atoms with Crippen LogP contribution in [-0.4, -0.2) is 75.0 Å². The zero-order chi connectivity index (χ0) is 25.7. The average molecular weight is 507 g/mol. The fourth-order valence-electron chi connectivity index (χ4n) is 4.81. The van der Waals surface area contributed by atoms with Gasteiger partial charge in [0.15, 0.2) is 17.3 Å². The molecule has 3 N–H and O–H groups in total. The van der Waals surface area contributed by atoms with Crippen molar-refractivity contribution in [3.05, 3.63) is 52.3 Å². The molecule has 0 bridgehead atoms. The van der Waals surface area contributed by atoms with E-state index >= 15 is 4.39 Å². The molecule has 2 aliphatic heterocycles. The number of benzene rings is 2. The number of carbonyl (C=O) groups is 1. The predicted octanol–water partition coefficient (Wildman–Crippen LogP) is 2.72. The molecule has 11 nitrogen and oxygen atoms in total. The molecule has 0 atom stereocenters. The Balaban J connectivity index is 1.47. The summed E-state index contributed by atoms with van der Waals surface area (Å²) in [7, 11) is 0. The Hall–Kier alpha value is -4.29. The number of nitrogens with one attached hydrogen (secondary N) is 1. The highest BCUT2D eigenvalue weighted by atomic mass is 19.1. The van der Waals surface area contributed by atoms with Crippen LogP contribution < -0.4 is 15.5 Å². The number of carboxylic acid groups (broad SMARTS) is 1. The minimum absolute atomic E-state index is 0.0543. The maximum atomic E-state index is 15.4.